The zero-order chi connectivity index (χ0) is 22.0. The van der Waals surface area contributed by atoms with Crippen molar-refractivity contribution in [1.29, 1.82) is 0 Å². The van der Waals surface area contributed by atoms with E-state index in [0.29, 0.717) is 23.8 Å². The fourth-order valence-electron chi connectivity index (χ4n) is 3.49. The Morgan fingerprint density at radius 3 is 2.40 bits per heavy atom. The fraction of sp³-hybridized carbons (Fsp3) is 0.450. The number of hydrogen-bond donors (Lipinski definition) is 2. The molecular formula is C20H26N4O6. The molecule has 0 bridgehead atoms. The van der Waals surface area contributed by atoms with E-state index in [1.165, 1.54) is 25.9 Å². The molecule has 3 N–H and O–H groups in total. The van der Waals surface area contributed by atoms with Crippen LogP contribution in [0, 0.1) is 0 Å². The maximum Gasteiger partial charge on any atom is 0.330 e. The Morgan fingerprint density at radius 2 is 1.83 bits per heavy atom. The number of methoxy groups -OCH3 is 3. The second kappa shape index (κ2) is 8.62. The van der Waals surface area contributed by atoms with Crippen molar-refractivity contribution in [3.8, 4) is 17.2 Å². The van der Waals surface area contributed by atoms with Crippen LogP contribution in [0.2, 0.25) is 0 Å². The summed E-state index contributed by atoms with van der Waals surface area (Å²) >= 11 is 0. The monoisotopic (exact) mass is 418 g/mol. The van der Waals surface area contributed by atoms with Gasteiger partial charge in [-0.05, 0) is 26.0 Å². The van der Waals surface area contributed by atoms with Crippen LogP contribution in [0.15, 0.2) is 21.7 Å². The van der Waals surface area contributed by atoms with Gasteiger partial charge >= 0.3 is 5.69 Å². The van der Waals surface area contributed by atoms with Crippen molar-refractivity contribution in [2.24, 2.45) is 0 Å². The number of nitrogen functional groups attached to an aromatic ring is 1. The summed E-state index contributed by atoms with van der Waals surface area (Å²) in [7, 11) is 6.30. The molecular weight excluding hydrogens is 392 g/mol. The molecule has 0 saturated heterocycles. The number of likely N-dealkylation sites (N-methyl/N-ethyl adjacent to an activating group) is 1. The van der Waals surface area contributed by atoms with E-state index >= 15 is 0 Å². The zero-order valence-electron chi connectivity index (χ0n) is 17.5. The van der Waals surface area contributed by atoms with Crippen LogP contribution >= 0.6 is 0 Å². The Kier molecular flexibility index (Phi) is 6.16. The molecule has 1 heterocycles. The Hall–Kier alpha value is -3.27. The van der Waals surface area contributed by atoms with Gasteiger partial charge in [0.1, 0.15) is 11.4 Å². The molecule has 0 spiro atoms. The third kappa shape index (κ3) is 4.04. The largest absolute Gasteiger partial charge is 0.493 e. The van der Waals surface area contributed by atoms with E-state index in [2.05, 4.69) is 4.98 Å². The first-order chi connectivity index (χ1) is 14.3. The number of Topliss-reactive ketones (excluding diaryl/α,β-unsaturated/α-hetero) is 1. The van der Waals surface area contributed by atoms with Gasteiger partial charge in [0, 0.05) is 18.2 Å². The first-order valence-electron chi connectivity index (χ1n) is 9.46. The number of benzene rings is 1. The van der Waals surface area contributed by atoms with Gasteiger partial charge in [0.05, 0.1) is 27.9 Å². The summed E-state index contributed by atoms with van der Waals surface area (Å²) in [5, 5.41) is 0. The molecule has 1 fully saturated rings. The standard InChI is InChI=1S/C20H26N4O6/c1-23(9-11-5-8-14(28-2)17(30-4)16(11)29-3)10-13(25)15-18(21)24(12-6-7-12)20(27)22-19(15)26/h5,8,12H,6-7,9-10,21H2,1-4H3,(H,22,26,27). The highest BCUT2D eigenvalue weighted by atomic mass is 16.5. The SMILES string of the molecule is COc1ccc(CN(C)CC(=O)c2c(N)n(C3CC3)c(=O)[nH]c2=O)c(OC)c1OC. The molecule has 0 atom stereocenters. The van der Waals surface area contributed by atoms with Crippen molar-refractivity contribution >= 4 is 11.6 Å². The highest BCUT2D eigenvalue weighted by molar-refractivity contribution is 6.01. The van der Waals surface area contributed by atoms with E-state index in [9.17, 15) is 14.4 Å². The molecule has 0 radical (unpaired) electrons. The normalized spacial score (nSPS) is 13.4. The van der Waals surface area contributed by atoms with Gasteiger partial charge < -0.3 is 19.9 Å². The van der Waals surface area contributed by atoms with Gasteiger partial charge in [-0.15, -0.1) is 0 Å². The number of nitrogens with zero attached hydrogens (tertiary/aromatic N) is 2. The van der Waals surface area contributed by atoms with Crippen molar-refractivity contribution in [2.75, 3.05) is 40.7 Å². The van der Waals surface area contributed by atoms with Gasteiger partial charge in [0.2, 0.25) is 5.75 Å². The smallest absolute Gasteiger partial charge is 0.330 e. The Balaban J connectivity index is 1.83. The van der Waals surface area contributed by atoms with E-state index in [1.54, 1.807) is 18.0 Å². The lowest BCUT2D eigenvalue weighted by atomic mass is 10.1. The molecule has 0 unspecified atom stereocenters. The third-order valence-electron chi connectivity index (χ3n) is 5.01. The number of aromatic nitrogens is 2. The number of carbonyl (C=O) groups is 1. The summed E-state index contributed by atoms with van der Waals surface area (Å²) in [5.74, 6) is 0.933. The lowest BCUT2D eigenvalue weighted by Gasteiger charge is -2.20. The molecule has 1 saturated carbocycles. The zero-order valence-corrected chi connectivity index (χ0v) is 17.5. The summed E-state index contributed by atoms with van der Waals surface area (Å²) in [6.45, 7) is 0.267. The molecule has 0 aliphatic heterocycles. The lowest BCUT2D eigenvalue weighted by molar-refractivity contribution is 0.0941. The molecule has 1 aromatic carbocycles. The summed E-state index contributed by atoms with van der Waals surface area (Å²) in [5.41, 5.74) is 5.26. The Labute approximate surface area is 173 Å². The number of hydrogen-bond acceptors (Lipinski definition) is 8. The maximum absolute atomic E-state index is 12.8. The van der Waals surface area contributed by atoms with Crippen LogP contribution in [-0.4, -0.2) is 55.2 Å². The van der Waals surface area contributed by atoms with Gasteiger partial charge in [-0.25, -0.2) is 4.79 Å². The molecule has 30 heavy (non-hydrogen) atoms. The number of H-pyrrole nitrogens is 1. The van der Waals surface area contributed by atoms with Crippen molar-refractivity contribution in [3.05, 3.63) is 44.1 Å². The number of carbonyl (C=O) groups excluding carboxylic acids is 1. The van der Waals surface area contributed by atoms with Gasteiger partial charge in [-0.1, -0.05) is 6.07 Å². The number of ether oxygens (including phenoxy) is 3. The number of nitrogens with two attached hydrogens (primary N) is 1. The summed E-state index contributed by atoms with van der Waals surface area (Å²) in [6, 6.07) is 3.51. The van der Waals surface area contributed by atoms with Crippen LogP contribution in [-0.2, 0) is 6.54 Å². The average molecular weight is 418 g/mol. The molecule has 10 heteroatoms. The molecule has 1 aliphatic rings. The lowest BCUT2D eigenvalue weighted by Crippen LogP contribution is -2.38. The van der Waals surface area contributed by atoms with Crippen LogP contribution in [0.5, 0.6) is 17.2 Å². The number of rotatable bonds is 9. The van der Waals surface area contributed by atoms with E-state index in [-0.39, 0.29) is 24.0 Å². The van der Waals surface area contributed by atoms with Crippen molar-refractivity contribution < 1.29 is 19.0 Å². The van der Waals surface area contributed by atoms with Crippen LogP contribution < -0.4 is 31.2 Å². The van der Waals surface area contributed by atoms with E-state index in [1.807, 2.05) is 6.07 Å². The molecule has 10 nitrogen and oxygen atoms in total. The molecule has 1 aromatic heterocycles. The predicted octanol–water partition coefficient (Wildman–Crippen LogP) is 0.794. The van der Waals surface area contributed by atoms with E-state index < -0.39 is 17.0 Å². The highest BCUT2D eigenvalue weighted by Crippen LogP contribution is 2.40. The second-order valence-electron chi connectivity index (χ2n) is 7.21. The first-order valence-corrected chi connectivity index (χ1v) is 9.46. The third-order valence-corrected chi connectivity index (χ3v) is 5.01. The summed E-state index contributed by atoms with van der Waals surface area (Å²) in [6.07, 6.45) is 1.59. The quantitative estimate of drug-likeness (QED) is 0.572. The van der Waals surface area contributed by atoms with Gasteiger partial charge in [-0.2, -0.15) is 0 Å². The number of aromatic amines is 1. The first kappa shape index (κ1) is 21.4. The van der Waals surface area contributed by atoms with Crippen molar-refractivity contribution in [3.63, 3.8) is 0 Å². The minimum absolute atomic E-state index is 0.0605. The molecule has 2 aromatic rings. The average Bonchev–Trinajstić information content (AvgIpc) is 3.51. The number of ketones is 1. The molecule has 3 rings (SSSR count). The summed E-state index contributed by atoms with van der Waals surface area (Å²) in [4.78, 5) is 41.0. The van der Waals surface area contributed by atoms with Crippen LogP contribution in [0.1, 0.15) is 34.8 Å². The minimum atomic E-state index is -0.767. The number of anilines is 1. The summed E-state index contributed by atoms with van der Waals surface area (Å²) < 4.78 is 17.4. The molecule has 162 valence electrons. The van der Waals surface area contributed by atoms with Crippen LogP contribution in [0.4, 0.5) is 5.82 Å². The van der Waals surface area contributed by atoms with E-state index in [0.717, 1.165) is 18.4 Å². The van der Waals surface area contributed by atoms with E-state index in [4.69, 9.17) is 19.9 Å². The highest BCUT2D eigenvalue weighted by Gasteiger charge is 2.30. The van der Waals surface area contributed by atoms with Gasteiger partial charge in [0.25, 0.3) is 5.56 Å². The van der Waals surface area contributed by atoms with Gasteiger partial charge in [0.15, 0.2) is 17.3 Å². The molecule has 1 aliphatic carbocycles. The Morgan fingerprint density at radius 1 is 1.17 bits per heavy atom. The molecule has 0 amide bonds. The van der Waals surface area contributed by atoms with Crippen molar-refractivity contribution in [2.45, 2.75) is 25.4 Å². The van der Waals surface area contributed by atoms with Gasteiger partial charge in [-0.3, -0.25) is 24.0 Å². The van der Waals surface area contributed by atoms with Crippen LogP contribution in [0.25, 0.3) is 0 Å². The maximum atomic E-state index is 12.8. The van der Waals surface area contributed by atoms with Crippen molar-refractivity contribution in [1.82, 2.24) is 14.5 Å². The topological polar surface area (TPSA) is 129 Å². The predicted molar refractivity (Wildman–Crippen MR) is 111 cm³/mol. The fourth-order valence-corrected chi connectivity index (χ4v) is 3.49. The second-order valence-corrected chi connectivity index (χ2v) is 7.21. The number of nitrogens with one attached hydrogen (secondary N) is 1. The minimum Gasteiger partial charge on any atom is -0.493 e. The Bertz CT molecular complexity index is 1070. The van der Waals surface area contributed by atoms with Crippen LogP contribution in [0.3, 0.4) is 0 Å².